The largest absolute Gasteiger partial charge is 0.295 e. The molecule has 19 heavy (non-hydrogen) atoms. The summed E-state index contributed by atoms with van der Waals surface area (Å²) < 4.78 is 1.22. The molecule has 2 aromatic carbocycles. The van der Waals surface area contributed by atoms with Crippen molar-refractivity contribution in [3.8, 4) is 0 Å². The van der Waals surface area contributed by atoms with Crippen molar-refractivity contribution in [2.24, 2.45) is 0 Å². The molecule has 0 aliphatic carbocycles. The lowest BCUT2D eigenvalue weighted by Crippen LogP contribution is -1.93. The molecule has 0 atom stereocenters. The predicted octanol–water partition coefficient (Wildman–Crippen LogP) is 4.09. The maximum absolute atomic E-state index is 11.2. The molecule has 3 rings (SSSR count). The number of Topliss-reactive ketones (excluding diaryl/α,β-unsaturated/α-hetero) is 1. The summed E-state index contributed by atoms with van der Waals surface area (Å²) >= 11 is 1.72. The van der Waals surface area contributed by atoms with Crippen LogP contribution < -0.4 is 0 Å². The normalized spacial score (nSPS) is 10.8. The fraction of sp³-hybridized carbons (Fsp3) is 0.125. The van der Waals surface area contributed by atoms with Gasteiger partial charge in [-0.2, -0.15) is 0 Å². The van der Waals surface area contributed by atoms with Crippen molar-refractivity contribution in [2.75, 3.05) is 0 Å². The number of benzene rings is 2. The van der Waals surface area contributed by atoms with Gasteiger partial charge in [0.25, 0.3) is 0 Å². The van der Waals surface area contributed by atoms with Gasteiger partial charge in [0.1, 0.15) is 0 Å². The number of carbonyl (C=O) groups is 1. The van der Waals surface area contributed by atoms with Gasteiger partial charge < -0.3 is 0 Å². The Morgan fingerprint density at radius 1 is 1.11 bits per heavy atom. The van der Waals surface area contributed by atoms with Gasteiger partial charge in [-0.05, 0) is 24.6 Å². The minimum absolute atomic E-state index is 0.103. The smallest absolute Gasteiger partial charge is 0.159 e. The zero-order chi connectivity index (χ0) is 13.2. The lowest BCUT2D eigenvalue weighted by molar-refractivity contribution is 0.101. The van der Waals surface area contributed by atoms with E-state index in [2.05, 4.69) is 11.1 Å². The van der Waals surface area contributed by atoms with Crippen molar-refractivity contribution in [3.05, 3.63) is 64.7 Å². The molecule has 0 saturated heterocycles. The molecule has 0 unspecified atom stereocenters. The van der Waals surface area contributed by atoms with Crippen LogP contribution in [0.15, 0.2) is 48.5 Å². The van der Waals surface area contributed by atoms with Crippen LogP contribution >= 0.6 is 11.3 Å². The number of rotatable bonds is 3. The number of hydrogen-bond donors (Lipinski definition) is 0. The van der Waals surface area contributed by atoms with Gasteiger partial charge >= 0.3 is 0 Å². The topological polar surface area (TPSA) is 30.0 Å². The number of hydrogen-bond acceptors (Lipinski definition) is 3. The number of thiazole rings is 1. The average Bonchev–Trinajstić information content (AvgIpc) is 2.81. The number of fused-ring (bicyclic) bond motifs is 1. The molecule has 3 heteroatoms. The average molecular weight is 267 g/mol. The first-order valence-corrected chi connectivity index (χ1v) is 6.98. The summed E-state index contributed by atoms with van der Waals surface area (Å²) in [5.74, 6) is 0.103. The highest BCUT2D eigenvalue weighted by Crippen LogP contribution is 2.23. The Morgan fingerprint density at radius 2 is 1.84 bits per heavy atom. The van der Waals surface area contributed by atoms with Crippen LogP contribution in [0.1, 0.15) is 27.9 Å². The van der Waals surface area contributed by atoms with E-state index in [4.69, 9.17) is 0 Å². The third-order valence-electron chi connectivity index (χ3n) is 3.05. The van der Waals surface area contributed by atoms with Crippen molar-refractivity contribution in [2.45, 2.75) is 13.3 Å². The molecule has 1 heterocycles. The first-order valence-electron chi connectivity index (χ1n) is 6.17. The molecule has 0 spiro atoms. The van der Waals surface area contributed by atoms with Crippen LogP contribution in [0.25, 0.3) is 10.2 Å². The lowest BCUT2D eigenvalue weighted by atomic mass is 10.1. The summed E-state index contributed by atoms with van der Waals surface area (Å²) in [7, 11) is 0. The molecular weight excluding hydrogens is 254 g/mol. The Hall–Kier alpha value is -2.00. The summed E-state index contributed by atoms with van der Waals surface area (Å²) in [5, 5.41) is 1.11. The van der Waals surface area contributed by atoms with Gasteiger partial charge in [0.05, 0.1) is 15.2 Å². The van der Waals surface area contributed by atoms with Crippen molar-refractivity contribution < 1.29 is 4.79 Å². The second kappa shape index (κ2) is 4.94. The highest BCUT2D eigenvalue weighted by Gasteiger charge is 2.05. The van der Waals surface area contributed by atoms with Crippen molar-refractivity contribution in [1.82, 2.24) is 4.98 Å². The zero-order valence-corrected chi connectivity index (χ0v) is 11.4. The first kappa shape index (κ1) is 12.1. The van der Waals surface area contributed by atoms with Crippen molar-refractivity contribution >= 4 is 27.3 Å². The van der Waals surface area contributed by atoms with E-state index >= 15 is 0 Å². The monoisotopic (exact) mass is 267 g/mol. The minimum Gasteiger partial charge on any atom is -0.295 e. The van der Waals surface area contributed by atoms with E-state index in [9.17, 15) is 4.79 Å². The maximum Gasteiger partial charge on any atom is 0.159 e. The summed E-state index contributed by atoms with van der Waals surface area (Å²) in [5.41, 5.74) is 3.00. The molecular formula is C16H13NOS. The van der Waals surface area contributed by atoms with Gasteiger partial charge in [-0.25, -0.2) is 4.98 Å². The van der Waals surface area contributed by atoms with E-state index in [1.807, 2.05) is 42.5 Å². The van der Waals surface area contributed by atoms with Crippen LogP contribution in [0.4, 0.5) is 0 Å². The van der Waals surface area contributed by atoms with Gasteiger partial charge in [-0.15, -0.1) is 11.3 Å². The van der Waals surface area contributed by atoms with Gasteiger partial charge in [0.2, 0.25) is 0 Å². The van der Waals surface area contributed by atoms with Gasteiger partial charge in [-0.1, -0.05) is 36.4 Å². The molecule has 3 aromatic rings. The summed E-state index contributed by atoms with van der Waals surface area (Å²) in [6.07, 6.45) is 0.817. The molecule has 2 nitrogen and oxygen atoms in total. The molecule has 0 bridgehead atoms. The Bertz CT molecular complexity index is 695. The second-order valence-corrected chi connectivity index (χ2v) is 5.62. The Labute approximate surface area is 115 Å². The fourth-order valence-electron chi connectivity index (χ4n) is 2.03. The number of aromatic nitrogens is 1. The molecule has 0 fully saturated rings. The van der Waals surface area contributed by atoms with Gasteiger partial charge in [-0.3, -0.25) is 4.79 Å². The second-order valence-electron chi connectivity index (χ2n) is 4.51. The molecule has 94 valence electrons. The van der Waals surface area contributed by atoms with E-state index in [1.165, 1.54) is 10.3 Å². The van der Waals surface area contributed by atoms with E-state index < -0.39 is 0 Å². The SMILES string of the molecule is CC(=O)c1ccc(Cc2nc3ccccc3s2)cc1. The standard InChI is InChI=1S/C16H13NOS/c1-11(18)13-8-6-12(7-9-13)10-16-17-14-4-2-3-5-15(14)19-16/h2-9H,10H2,1H3. The quantitative estimate of drug-likeness (QED) is 0.669. The summed E-state index contributed by atoms with van der Waals surface area (Å²) in [6, 6.07) is 15.9. The lowest BCUT2D eigenvalue weighted by Gasteiger charge is -1.99. The third kappa shape index (κ3) is 2.56. The Balaban J connectivity index is 1.86. The van der Waals surface area contributed by atoms with Crippen LogP contribution in [0.3, 0.4) is 0 Å². The van der Waals surface area contributed by atoms with Crippen LogP contribution in [-0.2, 0) is 6.42 Å². The van der Waals surface area contributed by atoms with E-state index in [0.29, 0.717) is 0 Å². The maximum atomic E-state index is 11.2. The summed E-state index contributed by atoms with van der Waals surface area (Å²) in [6.45, 7) is 1.59. The Morgan fingerprint density at radius 3 is 2.53 bits per heavy atom. The first-order chi connectivity index (χ1) is 9.22. The number of para-hydroxylation sites is 1. The molecule has 1 aromatic heterocycles. The minimum atomic E-state index is 0.103. The van der Waals surface area contributed by atoms with Crippen LogP contribution in [0.2, 0.25) is 0 Å². The third-order valence-corrected chi connectivity index (χ3v) is 4.09. The number of carbonyl (C=O) groups excluding carboxylic acids is 1. The molecule has 0 aliphatic heterocycles. The Kier molecular flexibility index (Phi) is 3.13. The number of ketones is 1. The van der Waals surface area contributed by atoms with Crippen LogP contribution in [-0.4, -0.2) is 10.8 Å². The molecule has 0 radical (unpaired) electrons. The molecule has 0 aliphatic rings. The predicted molar refractivity (Wildman–Crippen MR) is 78.9 cm³/mol. The van der Waals surface area contributed by atoms with Crippen molar-refractivity contribution in [3.63, 3.8) is 0 Å². The van der Waals surface area contributed by atoms with Crippen LogP contribution in [0.5, 0.6) is 0 Å². The van der Waals surface area contributed by atoms with Crippen molar-refractivity contribution in [1.29, 1.82) is 0 Å². The molecule has 0 amide bonds. The van der Waals surface area contributed by atoms with Crippen LogP contribution in [0, 0.1) is 0 Å². The summed E-state index contributed by atoms with van der Waals surface area (Å²) in [4.78, 5) is 15.8. The molecule has 0 N–H and O–H groups in total. The zero-order valence-electron chi connectivity index (χ0n) is 10.6. The molecule has 0 saturated carbocycles. The highest BCUT2D eigenvalue weighted by atomic mass is 32.1. The van der Waals surface area contributed by atoms with E-state index in [1.54, 1.807) is 18.3 Å². The number of nitrogens with zero attached hydrogens (tertiary/aromatic N) is 1. The van der Waals surface area contributed by atoms with E-state index in [0.717, 1.165) is 22.5 Å². The highest BCUT2D eigenvalue weighted by molar-refractivity contribution is 7.18. The van der Waals surface area contributed by atoms with Gasteiger partial charge in [0.15, 0.2) is 5.78 Å². The van der Waals surface area contributed by atoms with Gasteiger partial charge in [0, 0.05) is 12.0 Å². The van der Waals surface area contributed by atoms with E-state index in [-0.39, 0.29) is 5.78 Å². The fourth-order valence-corrected chi connectivity index (χ4v) is 3.03.